The Morgan fingerprint density at radius 2 is 2.27 bits per heavy atom. The Hall–Kier alpha value is -0.220. The summed E-state index contributed by atoms with van der Waals surface area (Å²) >= 11 is 1.11. The van der Waals surface area contributed by atoms with E-state index < -0.39 is 0 Å². The molecule has 0 radical (unpaired) electrons. The zero-order chi connectivity index (χ0) is 8.53. The number of hydrogen-bond acceptors (Lipinski definition) is 3. The fourth-order valence-electron chi connectivity index (χ4n) is 0.819. The Morgan fingerprint density at radius 3 is 2.73 bits per heavy atom. The van der Waals surface area contributed by atoms with Crippen molar-refractivity contribution in [2.24, 2.45) is 10.1 Å². The monoisotopic (exact) mass is 175 g/mol. The van der Waals surface area contributed by atoms with Crippen molar-refractivity contribution in [1.82, 2.24) is 4.72 Å². The van der Waals surface area contributed by atoms with E-state index in [9.17, 15) is 0 Å². The molecule has 3 N–H and O–H groups in total. The number of rotatable bonds is 5. The van der Waals surface area contributed by atoms with Crippen LogP contribution in [0.4, 0.5) is 0 Å². The molecule has 0 unspecified atom stereocenters. The first-order valence-electron chi connectivity index (χ1n) is 3.92. The van der Waals surface area contributed by atoms with Crippen molar-refractivity contribution in [2.75, 3.05) is 7.05 Å². The molecule has 0 fully saturated rings. The molecule has 0 aliphatic rings. The molecule has 0 aromatic carbocycles. The Morgan fingerprint density at radius 1 is 1.55 bits per heavy atom. The second kappa shape index (κ2) is 7.88. The maximum atomic E-state index is 5.23. The van der Waals surface area contributed by atoms with Crippen LogP contribution in [0, 0.1) is 0 Å². The number of aliphatic imine (C=N–C) groups is 1. The largest absolute Gasteiger partial charge is 0.305 e. The third kappa shape index (κ3) is 6.19. The lowest BCUT2D eigenvalue weighted by atomic mass is 10.2. The van der Waals surface area contributed by atoms with E-state index in [0.29, 0.717) is 0 Å². The molecule has 0 saturated heterocycles. The van der Waals surface area contributed by atoms with Gasteiger partial charge in [-0.15, -0.1) is 0 Å². The number of nitrogens with two attached hydrogens (primary N) is 1. The van der Waals surface area contributed by atoms with Crippen LogP contribution in [0.25, 0.3) is 0 Å². The molecular weight excluding hydrogens is 158 g/mol. The van der Waals surface area contributed by atoms with Gasteiger partial charge in [-0.1, -0.05) is 19.8 Å². The summed E-state index contributed by atoms with van der Waals surface area (Å²) in [5.41, 5.74) is 0. The van der Waals surface area contributed by atoms with Gasteiger partial charge >= 0.3 is 0 Å². The number of hydrogen-bond donors (Lipinski definition) is 2. The second-order valence-electron chi connectivity index (χ2n) is 2.35. The highest BCUT2D eigenvalue weighted by Crippen LogP contribution is 2.00. The van der Waals surface area contributed by atoms with E-state index in [4.69, 9.17) is 5.14 Å². The Labute approximate surface area is 73.1 Å². The van der Waals surface area contributed by atoms with Crippen molar-refractivity contribution < 1.29 is 0 Å². The van der Waals surface area contributed by atoms with Crippen molar-refractivity contribution in [3.05, 3.63) is 0 Å². The first kappa shape index (κ1) is 10.8. The molecule has 66 valence electrons. The van der Waals surface area contributed by atoms with E-state index in [-0.39, 0.29) is 0 Å². The average Bonchev–Trinajstić information content (AvgIpc) is 2.03. The zero-order valence-corrected chi connectivity index (χ0v) is 8.08. The van der Waals surface area contributed by atoms with Gasteiger partial charge in [-0.2, -0.15) is 0 Å². The van der Waals surface area contributed by atoms with E-state index in [1.807, 2.05) is 0 Å². The molecular formula is C7H17N3S. The number of amidine groups is 1. The first-order valence-corrected chi connectivity index (χ1v) is 4.80. The van der Waals surface area contributed by atoms with Gasteiger partial charge in [-0.25, -0.2) is 0 Å². The van der Waals surface area contributed by atoms with Crippen LogP contribution in [0.3, 0.4) is 0 Å². The van der Waals surface area contributed by atoms with Gasteiger partial charge in [0.15, 0.2) is 0 Å². The molecule has 0 aliphatic carbocycles. The zero-order valence-electron chi connectivity index (χ0n) is 7.26. The van der Waals surface area contributed by atoms with Crippen molar-refractivity contribution in [1.29, 1.82) is 0 Å². The highest BCUT2D eigenvalue weighted by molar-refractivity contribution is 7.95. The van der Waals surface area contributed by atoms with Gasteiger partial charge in [0.1, 0.15) is 5.84 Å². The summed E-state index contributed by atoms with van der Waals surface area (Å²) in [6.07, 6.45) is 4.70. The molecule has 0 atom stereocenters. The van der Waals surface area contributed by atoms with E-state index in [1.54, 1.807) is 7.05 Å². The van der Waals surface area contributed by atoms with Gasteiger partial charge < -0.3 is 4.72 Å². The summed E-state index contributed by atoms with van der Waals surface area (Å²) in [6.45, 7) is 2.19. The van der Waals surface area contributed by atoms with E-state index >= 15 is 0 Å². The maximum absolute atomic E-state index is 5.23. The van der Waals surface area contributed by atoms with Crippen LogP contribution in [0.5, 0.6) is 0 Å². The van der Waals surface area contributed by atoms with Crippen LogP contribution in [0.15, 0.2) is 4.99 Å². The predicted molar refractivity (Wildman–Crippen MR) is 52.4 cm³/mol. The fraction of sp³-hybridized carbons (Fsp3) is 0.857. The summed E-state index contributed by atoms with van der Waals surface area (Å²) in [7, 11) is 1.78. The molecule has 0 amide bonds. The molecule has 0 rings (SSSR count). The fourth-order valence-corrected chi connectivity index (χ4v) is 1.15. The van der Waals surface area contributed by atoms with Crippen LogP contribution in [0.2, 0.25) is 0 Å². The standard InChI is InChI=1S/C7H17N3S/c1-3-4-5-6-7(9-2)10-11-8/h3-6,8H2,1-2H3,(H,9,10). The van der Waals surface area contributed by atoms with Crippen LogP contribution in [-0.4, -0.2) is 12.9 Å². The molecule has 0 aliphatic heterocycles. The third-order valence-corrected chi connectivity index (χ3v) is 1.82. The Bertz CT molecular complexity index is 114. The number of unbranched alkanes of at least 4 members (excludes halogenated alkanes) is 2. The SMILES string of the molecule is CCCCCC(=NC)NSN. The average molecular weight is 175 g/mol. The normalized spacial score (nSPS) is 11.7. The molecule has 3 nitrogen and oxygen atoms in total. The van der Waals surface area contributed by atoms with Gasteiger partial charge in [0.05, 0.1) is 0 Å². The minimum absolute atomic E-state index is 0.992. The molecule has 0 saturated carbocycles. The van der Waals surface area contributed by atoms with Gasteiger partial charge in [-0.3, -0.25) is 10.1 Å². The molecule has 0 heterocycles. The van der Waals surface area contributed by atoms with E-state index in [1.165, 1.54) is 19.3 Å². The van der Waals surface area contributed by atoms with Crippen molar-refractivity contribution in [3.63, 3.8) is 0 Å². The smallest absolute Gasteiger partial charge is 0.107 e. The number of nitrogens with one attached hydrogen (secondary N) is 1. The molecule has 11 heavy (non-hydrogen) atoms. The maximum Gasteiger partial charge on any atom is 0.107 e. The molecule has 4 heteroatoms. The van der Waals surface area contributed by atoms with Crippen LogP contribution in [0.1, 0.15) is 32.6 Å². The molecule has 0 aromatic rings. The second-order valence-corrected chi connectivity index (χ2v) is 2.79. The Kier molecular flexibility index (Phi) is 7.72. The summed E-state index contributed by atoms with van der Waals surface area (Å²) in [5, 5.41) is 5.23. The lowest BCUT2D eigenvalue weighted by molar-refractivity contribution is 0.738. The molecule has 0 aromatic heterocycles. The summed E-state index contributed by atoms with van der Waals surface area (Å²) < 4.78 is 2.94. The quantitative estimate of drug-likeness (QED) is 0.289. The van der Waals surface area contributed by atoms with E-state index in [2.05, 4.69) is 16.6 Å². The lowest BCUT2D eigenvalue weighted by Gasteiger charge is -2.04. The van der Waals surface area contributed by atoms with Crippen LogP contribution >= 0.6 is 12.1 Å². The van der Waals surface area contributed by atoms with Crippen molar-refractivity contribution >= 4 is 18.0 Å². The minimum atomic E-state index is 0.992. The topological polar surface area (TPSA) is 50.4 Å². The molecule has 0 bridgehead atoms. The minimum Gasteiger partial charge on any atom is -0.305 e. The highest BCUT2D eigenvalue weighted by Gasteiger charge is 1.94. The summed E-state index contributed by atoms with van der Waals surface area (Å²) in [4.78, 5) is 4.05. The van der Waals surface area contributed by atoms with Gasteiger partial charge in [0.25, 0.3) is 0 Å². The van der Waals surface area contributed by atoms with Crippen molar-refractivity contribution in [2.45, 2.75) is 32.6 Å². The highest BCUT2D eigenvalue weighted by atomic mass is 32.2. The summed E-state index contributed by atoms with van der Waals surface area (Å²) in [5.74, 6) is 0.992. The number of nitrogens with zero attached hydrogens (tertiary/aromatic N) is 1. The van der Waals surface area contributed by atoms with Gasteiger partial charge in [0.2, 0.25) is 0 Å². The Balaban J connectivity index is 3.37. The summed E-state index contributed by atoms with van der Waals surface area (Å²) in [6, 6.07) is 0. The van der Waals surface area contributed by atoms with Crippen LogP contribution < -0.4 is 9.86 Å². The lowest BCUT2D eigenvalue weighted by Crippen LogP contribution is -2.17. The van der Waals surface area contributed by atoms with Gasteiger partial charge in [0, 0.05) is 25.6 Å². The van der Waals surface area contributed by atoms with E-state index in [0.717, 1.165) is 24.4 Å². The van der Waals surface area contributed by atoms with Gasteiger partial charge in [-0.05, 0) is 6.42 Å². The third-order valence-electron chi connectivity index (χ3n) is 1.46. The van der Waals surface area contributed by atoms with Crippen LogP contribution in [-0.2, 0) is 0 Å². The van der Waals surface area contributed by atoms with Crippen molar-refractivity contribution in [3.8, 4) is 0 Å². The molecule has 0 spiro atoms. The predicted octanol–water partition coefficient (Wildman–Crippen LogP) is 1.71. The first-order chi connectivity index (χ1) is 5.35.